The summed E-state index contributed by atoms with van der Waals surface area (Å²) >= 11 is 1.47. The van der Waals surface area contributed by atoms with Crippen LogP contribution in [-0.2, 0) is 4.79 Å². The summed E-state index contributed by atoms with van der Waals surface area (Å²) in [5.74, 6) is 0.623. The van der Waals surface area contributed by atoms with Crippen LogP contribution in [0.15, 0.2) is 49.1 Å². The SMILES string of the molecule is C=CCNC(=O)CN1CCN(C(=O)c2sc(-c3ccccc3)cc2OCC)CC1. The van der Waals surface area contributed by atoms with E-state index in [9.17, 15) is 9.59 Å². The summed E-state index contributed by atoms with van der Waals surface area (Å²) in [6, 6.07) is 12.0. The minimum absolute atomic E-state index is 0.00334. The van der Waals surface area contributed by atoms with Gasteiger partial charge in [0.1, 0.15) is 10.6 Å². The van der Waals surface area contributed by atoms with Gasteiger partial charge < -0.3 is 15.0 Å². The highest BCUT2D eigenvalue weighted by Crippen LogP contribution is 2.37. The van der Waals surface area contributed by atoms with Crippen LogP contribution in [-0.4, -0.2) is 67.5 Å². The van der Waals surface area contributed by atoms with E-state index in [0.717, 1.165) is 10.4 Å². The highest BCUT2D eigenvalue weighted by Gasteiger charge is 2.27. The molecule has 1 aliphatic rings. The third kappa shape index (κ3) is 5.46. The fourth-order valence-corrected chi connectivity index (χ4v) is 4.30. The van der Waals surface area contributed by atoms with Gasteiger partial charge in [0.15, 0.2) is 0 Å². The Morgan fingerprint density at radius 2 is 1.93 bits per heavy atom. The molecule has 1 N–H and O–H groups in total. The molecule has 6 nitrogen and oxygen atoms in total. The molecule has 0 atom stereocenters. The normalized spacial score (nSPS) is 14.4. The average Bonchev–Trinajstić information content (AvgIpc) is 3.17. The Kier molecular flexibility index (Phi) is 7.43. The van der Waals surface area contributed by atoms with Crippen LogP contribution in [0.25, 0.3) is 10.4 Å². The third-order valence-electron chi connectivity index (χ3n) is 4.72. The third-order valence-corrected chi connectivity index (χ3v) is 5.87. The van der Waals surface area contributed by atoms with E-state index in [1.165, 1.54) is 11.3 Å². The van der Waals surface area contributed by atoms with Gasteiger partial charge in [-0.15, -0.1) is 17.9 Å². The summed E-state index contributed by atoms with van der Waals surface area (Å²) < 4.78 is 5.75. The molecule has 1 aromatic carbocycles. The molecule has 3 rings (SSSR count). The Balaban J connectivity index is 1.65. The van der Waals surface area contributed by atoms with E-state index in [2.05, 4.69) is 16.8 Å². The number of hydrogen-bond donors (Lipinski definition) is 1. The molecular formula is C22H27N3O3S. The van der Waals surface area contributed by atoms with Crippen LogP contribution in [0.5, 0.6) is 5.75 Å². The van der Waals surface area contributed by atoms with Gasteiger partial charge in [0.05, 0.1) is 13.2 Å². The van der Waals surface area contributed by atoms with Gasteiger partial charge in [-0.2, -0.15) is 0 Å². The van der Waals surface area contributed by atoms with Crippen molar-refractivity contribution in [3.8, 4) is 16.2 Å². The highest BCUT2D eigenvalue weighted by atomic mass is 32.1. The molecule has 0 aliphatic carbocycles. The number of carbonyl (C=O) groups is 2. The zero-order valence-electron chi connectivity index (χ0n) is 16.7. The van der Waals surface area contributed by atoms with Crippen molar-refractivity contribution >= 4 is 23.2 Å². The van der Waals surface area contributed by atoms with Crippen LogP contribution in [0.1, 0.15) is 16.6 Å². The van der Waals surface area contributed by atoms with Crippen LogP contribution in [0.4, 0.5) is 0 Å². The van der Waals surface area contributed by atoms with Crippen LogP contribution in [0.2, 0.25) is 0 Å². The van der Waals surface area contributed by atoms with Gasteiger partial charge >= 0.3 is 0 Å². The van der Waals surface area contributed by atoms with Gasteiger partial charge in [0.25, 0.3) is 5.91 Å². The Bertz CT molecular complexity index is 842. The van der Waals surface area contributed by atoms with Gasteiger partial charge in [0.2, 0.25) is 5.91 Å². The van der Waals surface area contributed by atoms with Crippen molar-refractivity contribution in [1.29, 1.82) is 0 Å². The number of nitrogens with zero attached hydrogens (tertiary/aromatic N) is 2. The second kappa shape index (κ2) is 10.2. The van der Waals surface area contributed by atoms with E-state index in [0.29, 0.717) is 56.5 Å². The second-order valence-electron chi connectivity index (χ2n) is 6.76. The van der Waals surface area contributed by atoms with E-state index in [1.54, 1.807) is 6.08 Å². The molecule has 29 heavy (non-hydrogen) atoms. The van der Waals surface area contributed by atoms with Crippen molar-refractivity contribution in [2.45, 2.75) is 6.92 Å². The van der Waals surface area contributed by atoms with Crippen LogP contribution >= 0.6 is 11.3 Å². The number of carbonyl (C=O) groups excluding carboxylic acids is 2. The number of piperazine rings is 1. The molecule has 2 amide bonds. The molecule has 0 saturated carbocycles. The fourth-order valence-electron chi connectivity index (χ4n) is 3.23. The van der Waals surface area contributed by atoms with Crippen molar-refractivity contribution in [1.82, 2.24) is 15.1 Å². The lowest BCUT2D eigenvalue weighted by molar-refractivity contribution is -0.122. The zero-order valence-corrected chi connectivity index (χ0v) is 17.5. The molecule has 1 fully saturated rings. The van der Waals surface area contributed by atoms with E-state index < -0.39 is 0 Å². The molecule has 2 heterocycles. The molecule has 0 bridgehead atoms. The first kappa shape index (κ1) is 21.1. The summed E-state index contributed by atoms with van der Waals surface area (Å²) in [5.41, 5.74) is 1.08. The highest BCUT2D eigenvalue weighted by molar-refractivity contribution is 7.17. The Morgan fingerprint density at radius 3 is 2.59 bits per heavy atom. The molecule has 154 valence electrons. The van der Waals surface area contributed by atoms with Crippen LogP contribution in [0.3, 0.4) is 0 Å². The van der Waals surface area contributed by atoms with Crippen molar-refractivity contribution < 1.29 is 14.3 Å². The fraction of sp³-hybridized carbons (Fsp3) is 0.364. The summed E-state index contributed by atoms with van der Waals surface area (Å²) in [7, 11) is 0. The number of hydrogen-bond acceptors (Lipinski definition) is 5. The monoisotopic (exact) mass is 413 g/mol. The smallest absolute Gasteiger partial charge is 0.267 e. The lowest BCUT2D eigenvalue weighted by atomic mass is 10.2. The van der Waals surface area contributed by atoms with E-state index in [4.69, 9.17) is 4.74 Å². The summed E-state index contributed by atoms with van der Waals surface area (Å²) in [6.07, 6.45) is 1.66. The summed E-state index contributed by atoms with van der Waals surface area (Å²) in [6.45, 7) is 9.39. The predicted octanol–water partition coefficient (Wildman–Crippen LogP) is 2.87. The van der Waals surface area contributed by atoms with Crippen LogP contribution < -0.4 is 10.1 Å². The number of benzene rings is 1. The minimum atomic E-state index is -0.0194. The zero-order chi connectivity index (χ0) is 20.6. The lowest BCUT2D eigenvalue weighted by Crippen LogP contribution is -2.51. The standard InChI is InChI=1S/C22H27N3O3S/c1-3-10-23-20(26)16-24-11-13-25(14-12-24)22(27)21-18(28-4-2)15-19(29-21)17-8-6-5-7-9-17/h3,5-9,15H,1,4,10-14,16H2,2H3,(H,23,26). The predicted molar refractivity (Wildman–Crippen MR) is 116 cm³/mol. The summed E-state index contributed by atoms with van der Waals surface area (Å²) in [5, 5.41) is 2.79. The molecule has 2 aromatic rings. The van der Waals surface area contributed by atoms with E-state index in [1.807, 2.05) is 48.2 Å². The summed E-state index contributed by atoms with van der Waals surface area (Å²) in [4.78, 5) is 30.6. The maximum absolute atomic E-state index is 13.2. The molecule has 1 aromatic heterocycles. The first-order valence-corrected chi connectivity index (χ1v) is 10.6. The average molecular weight is 414 g/mol. The van der Waals surface area contributed by atoms with Crippen molar-refractivity contribution in [2.24, 2.45) is 0 Å². The number of thiophene rings is 1. The minimum Gasteiger partial charge on any atom is -0.492 e. The molecule has 0 spiro atoms. The van der Waals surface area contributed by atoms with E-state index in [-0.39, 0.29) is 11.8 Å². The first-order chi connectivity index (χ1) is 14.1. The van der Waals surface area contributed by atoms with Crippen molar-refractivity contribution in [2.75, 3.05) is 45.9 Å². The van der Waals surface area contributed by atoms with Crippen molar-refractivity contribution in [3.63, 3.8) is 0 Å². The van der Waals surface area contributed by atoms with Gasteiger partial charge in [0, 0.05) is 37.6 Å². The molecule has 7 heteroatoms. The van der Waals surface area contributed by atoms with Gasteiger partial charge in [-0.25, -0.2) is 0 Å². The maximum Gasteiger partial charge on any atom is 0.267 e. The Labute approximate surface area is 175 Å². The Hall–Kier alpha value is -2.64. The second-order valence-corrected chi connectivity index (χ2v) is 7.82. The van der Waals surface area contributed by atoms with Gasteiger partial charge in [-0.05, 0) is 18.6 Å². The maximum atomic E-state index is 13.2. The number of ether oxygens (including phenoxy) is 1. The number of amides is 2. The molecular weight excluding hydrogens is 386 g/mol. The van der Waals surface area contributed by atoms with Gasteiger partial charge in [-0.1, -0.05) is 36.4 Å². The molecule has 1 saturated heterocycles. The number of rotatable bonds is 8. The van der Waals surface area contributed by atoms with E-state index >= 15 is 0 Å². The quantitative estimate of drug-likeness (QED) is 0.676. The molecule has 1 aliphatic heterocycles. The Morgan fingerprint density at radius 1 is 1.21 bits per heavy atom. The number of nitrogens with one attached hydrogen (secondary N) is 1. The largest absolute Gasteiger partial charge is 0.492 e. The lowest BCUT2D eigenvalue weighted by Gasteiger charge is -2.34. The van der Waals surface area contributed by atoms with Crippen LogP contribution in [0, 0.1) is 0 Å². The van der Waals surface area contributed by atoms with Crippen molar-refractivity contribution in [3.05, 3.63) is 53.9 Å². The molecule has 0 radical (unpaired) electrons. The topological polar surface area (TPSA) is 61.9 Å². The van der Waals surface area contributed by atoms with Gasteiger partial charge in [-0.3, -0.25) is 14.5 Å². The molecule has 0 unspecified atom stereocenters. The first-order valence-electron chi connectivity index (χ1n) is 9.83.